The van der Waals surface area contributed by atoms with Crippen molar-refractivity contribution in [3.8, 4) is 0 Å². The Hall–Kier alpha value is -1.89. The third-order valence-electron chi connectivity index (χ3n) is 3.61. The molecule has 0 radical (unpaired) electrons. The van der Waals surface area contributed by atoms with E-state index in [1.165, 1.54) is 4.88 Å². The Bertz CT molecular complexity index is 669. The molecule has 21 heavy (non-hydrogen) atoms. The van der Waals surface area contributed by atoms with Crippen molar-refractivity contribution in [2.45, 2.75) is 32.2 Å². The molecule has 112 valence electrons. The maximum atomic E-state index is 11.9. The highest BCUT2D eigenvalue weighted by molar-refractivity contribution is 7.18. The van der Waals surface area contributed by atoms with E-state index in [9.17, 15) is 4.79 Å². The van der Waals surface area contributed by atoms with Crippen molar-refractivity contribution >= 4 is 39.2 Å². The Balaban J connectivity index is 1.98. The largest absolute Gasteiger partial charge is 0.358 e. The Morgan fingerprint density at radius 1 is 1.48 bits per heavy atom. The maximum absolute atomic E-state index is 11.9. The summed E-state index contributed by atoms with van der Waals surface area (Å²) in [7, 11) is 1.80. The summed E-state index contributed by atoms with van der Waals surface area (Å²) in [5.74, 6) is 1.36. The van der Waals surface area contributed by atoms with E-state index in [1.54, 1.807) is 18.4 Å². The van der Waals surface area contributed by atoms with Crippen molar-refractivity contribution < 1.29 is 4.79 Å². The lowest BCUT2D eigenvalue weighted by Gasteiger charge is -2.23. The first-order valence-corrected chi connectivity index (χ1v) is 8.05. The lowest BCUT2D eigenvalue weighted by Crippen LogP contribution is -2.44. The van der Waals surface area contributed by atoms with E-state index in [2.05, 4.69) is 38.9 Å². The summed E-state index contributed by atoms with van der Waals surface area (Å²) in [6.45, 7) is 2.88. The van der Waals surface area contributed by atoms with Gasteiger partial charge in [-0.05, 0) is 25.3 Å². The minimum Gasteiger partial charge on any atom is -0.358 e. The van der Waals surface area contributed by atoms with Crippen molar-refractivity contribution in [2.24, 2.45) is 0 Å². The first-order chi connectivity index (χ1) is 10.2. The maximum Gasteiger partial charge on any atom is 0.242 e. The average molecular weight is 305 g/mol. The van der Waals surface area contributed by atoms with E-state index < -0.39 is 0 Å². The molecule has 1 aliphatic rings. The van der Waals surface area contributed by atoms with Gasteiger partial charge in [-0.3, -0.25) is 4.79 Å². The number of fused-ring (bicyclic) bond motifs is 1. The summed E-state index contributed by atoms with van der Waals surface area (Å²) < 4.78 is 0. The number of carbonyl (C=O) groups is 1. The fourth-order valence-corrected chi connectivity index (χ4v) is 3.41. The molecule has 0 bridgehead atoms. The van der Waals surface area contributed by atoms with Gasteiger partial charge in [0.1, 0.15) is 16.7 Å². The van der Waals surface area contributed by atoms with Crippen molar-refractivity contribution in [3.63, 3.8) is 0 Å². The number of thiophene rings is 1. The van der Waals surface area contributed by atoms with E-state index in [4.69, 9.17) is 0 Å². The second kappa shape index (κ2) is 5.85. The zero-order chi connectivity index (χ0) is 14.8. The summed E-state index contributed by atoms with van der Waals surface area (Å²) >= 11 is 1.67. The topological polar surface area (TPSA) is 78.9 Å². The molecule has 0 aliphatic carbocycles. The molecule has 1 atom stereocenters. The number of piperidine rings is 1. The third kappa shape index (κ3) is 2.78. The molecule has 1 saturated heterocycles. The number of amides is 1. The van der Waals surface area contributed by atoms with Gasteiger partial charge in [-0.1, -0.05) is 6.92 Å². The molecule has 1 amide bonds. The zero-order valence-electron chi connectivity index (χ0n) is 12.2. The highest BCUT2D eigenvalue weighted by atomic mass is 32.1. The molecule has 3 heterocycles. The van der Waals surface area contributed by atoms with Gasteiger partial charge in [0.15, 0.2) is 0 Å². The van der Waals surface area contributed by atoms with Gasteiger partial charge < -0.3 is 16.0 Å². The van der Waals surface area contributed by atoms with Crippen molar-refractivity contribution in [1.29, 1.82) is 0 Å². The molecular weight excluding hydrogens is 286 g/mol. The van der Waals surface area contributed by atoms with Gasteiger partial charge >= 0.3 is 0 Å². The fraction of sp³-hybridized carbons (Fsp3) is 0.500. The van der Waals surface area contributed by atoms with Crippen LogP contribution in [0.2, 0.25) is 0 Å². The van der Waals surface area contributed by atoms with Crippen molar-refractivity contribution in [1.82, 2.24) is 15.3 Å². The number of carbonyl (C=O) groups excluding carboxylic acids is 1. The molecule has 7 heteroatoms. The average Bonchev–Trinajstić information content (AvgIpc) is 2.92. The van der Waals surface area contributed by atoms with Crippen LogP contribution in [-0.4, -0.2) is 35.5 Å². The number of rotatable bonds is 4. The normalized spacial score (nSPS) is 18.6. The highest BCUT2D eigenvalue weighted by Gasteiger charge is 2.23. The molecule has 1 unspecified atom stereocenters. The van der Waals surface area contributed by atoms with Crippen LogP contribution in [0.3, 0.4) is 0 Å². The van der Waals surface area contributed by atoms with Crippen LogP contribution in [0.15, 0.2) is 6.07 Å². The van der Waals surface area contributed by atoms with Crippen LogP contribution < -0.4 is 16.0 Å². The number of nitrogens with one attached hydrogen (secondary N) is 3. The van der Waals surface area contributed by atoms with E-state index in [0.29, 0.717) is 5.95 Å². The van der Waals surface area contributed by atoms with E-state index >= 15 is 0 Å². The molecule has 0 saturated carbocycles. The van der Waals surface area contributed by atoms with Crippen LogP contribution in [-0.2, 0) is 11.2 Å². The smallest absolute Gasteiger partial charge is 0.242 e. The standard InChI is InChI=1S/C14H19N5OS/c1-3-8-7-9-11(17-10-5-4-6-16-12(10)20)18-14(15-2)19-13(9)21-8/h7,10H,3-6H2,1-2H3,(H,16,20)(H2,15,17,18,19). The lowest BCUT2D eigenvalue weighted by atomic mass is 10.1. The van der Waals surface area contributed by atoms with Crippen LogP contribution in [0.4, 0.5) is 11.8 Å². The predicted molar refractivity (Wildman–Crippen MR) is 86.0 cm³/mol. The Kier molecular flexibility index (Phi) is 3.92. The Labute approximate surface area is 127 Å². The van der Waals surface area contributed by atoms with Crippen LogP contribution in [0.5, 0.6) is 0 Å². The third-order valence-corrected chi connectivity index (χ3v) is 4.79. The molecular formula is C14H19N5OS. The van der Waals surface area contributed by atoms with Crippen molar-refractivity contribution in [3.05, 3.63) is 10.9 Å². The van der Waals surface area contributed by atoms with Gasteiger partial charge in [-0.2, -0.15) is 4.98 Å². The van der Waals surface area contributed by atoms with Crippen LogP contribution in [0, 0.1) is 0 Å². The number of aryl methyl sites for hydroxylation is 1. The molecule has 2 aromatic rings. The molecule has 1 fully saturated rings. The van der Waals surface area contributed by atoms with Gasteiger partial charge in [0.2, 0.25) is 11.9 Å². The highest BCUT2D eigenvalue weighted by Crippen LogP contribution is 2.31. The van der Waals surface area contributed by atoms with Gasteiger partial charge in [0.25, 0.3) is 0 Å². The molecule has 3 rings (SSSR count). The van der Waals surface area contributed by atoms with Gasteiger partial charge in [-0.15, -0.1) is 11.3 Å². The molecule has 2 aromatic heterocycles. The number of anilines is 2. The Morgan fingerprint density at radius 3 is 3.05 bits per heavy atom. The SMILES string of the molecule is CCc1cc2c(NC3CCCNC3=O)nc(NC)nc2s1. The summed E-state index contributed by atoms with van der Waals surface area (Å²) in [6.07, 6.45) is 2.79. The number of aromatic nitrogens is 2. The van der Waals surface area contributed by atoms with E-state index in [-0.39, 0.29) is 11.9 Å². The summed E-state index contributed by atoms with van der Waals surface area (Å²) in [5, 5.41) is 10.2. The first kappa shape index (κ1) is 14.1. The van der Waals surface area contributed by atoms with Gasteiger partial charge in [-0.25, -0.2) is 4.98 Å². The number of hydrogen-bond acceptors (Lipinski definition) is 6. The zero-order valence-corrected chi connectivity index (χ0v) is 13.0. The minimum absolute atomic E-state index is 0.0463. The second-order valence-corrected chi connectivity index (χ2v) is 6.18. The number of hydrogen-bond donors (Lipinski definition) is 3. The van der Waals surface area contributed by atoms with Crippen molar-refractivity contribution in [2.75, 3.05) is 24.2 Å². The first-order valence-electron chi connectivity index (χ1n) is 7.23. The second-order valence-electron chi connectivity index (χ2n) is 5.06. The summed E-state index contributed by atoms with van der Waals surface area (Å²) in [6, 6.07) is 1.90. The minimum atomic E-state index is -0.216. The van der Waals surface area contributed by atoms with E-state index in [1.807, 2.05) is 0 Å². The molecule has 6 nitrogen and oxygen atoms in total. The van der Waals surface area contributed by atoms with Crippen LogP contribution in [0.25, 0.3) is 10.2 Å². The summed E-state index contributed by atoms with van der Waals surface area (Å²) in [5.41, 5.74) is 0. The van der Waals surface area contributed by atoms with Crippen LogP contribution in [0.1, 0.15) is 24.6 Å². The van der Waals surface area contributed by atoms with Crippen LogP contribution >= 0.6 is 11.3 Å². The predicted octanol–water partition coefficient (Wildman–Crippen LogP) is 1.99. The molecule has 0 spiro atoms. The molecule has 3 N–H and O–H groups in total. The monoisotopic (exact) mass is 305 g/mol. The summed E-state index contributed by atoms with van der Waals surface area (Å²) in [4.78, 5) is 23.1. The quantitative estimate of drug-likeness (QED) is 0.805. The Morgan fingerprint density at radius 2 is 2.33 bits per heavy atom. The lowest BCUT2D eigenvalue weighted by molar-refractivity contribution is -0.123. The van der Waals surface area contributed by atoms with Gasteiger partial charge in [0, 0.05) is 18.5 Å². The van der Waals surface area contributed by atoms with E-state index in [0.717, 1.165) is 41.8 Å². The number of nitrogens with zero attached hydrogens (tertiary/aromatic N) is 2. The fourth-order valence-electron chi connectivity index (χ4n) is 2.44. The van der Waals surface area contributed by atoms with Gasteiger partial charge in [0.05, 0.1) is 5.39 Å². The molecule has 1 aliphatic heterocycles. The molecule has 0 aromatic carbocycles.